The van der Waals surface area contributed by atoms with Gasteiger partial charge in [-0.25, -0.2) is 8.78 Å². The molecule has 19 heavy (non-hydrogen) atoms. The summed E-state index contributed by atoms with van der Waals surface area (Å²) < 4.78 is 26.2. The van der Waals surface area contributed by atoms with Crippen LogP contribution in [-0.2, 0) is 6.42 Å². The van der Waals surface area contributed by atoms with Gasteiger partial charge in [0.15, 0.2) is 11.6 Å². The minimum absolute atomic E-state index is 0.131. The Bertz CT molecular complexity index is 396. The van der Waals surface area contributed by atoms with Crippen molar-refractivity contribution in [2.75, 3.05) is 13.1 Å². The van der Waals surface area contributed by atoms with Crippen LogP contribution in [-0.4, -0.2) is 13.1 Å². The van der Waals surface area contributed by atoms with Crippen molar-refractivity contribution in [3.63, 3.8) is 0 Å². The molecule has 1 aromatic carbocycles. The van der Waals surface area contributed by atoms with Crippen LogP contribution in [0.4, 0.5) is 8.78 Å². The van der Waals surface area contributed by atoms with Gasteiger partial charge in [0.2, 0.25) is 0 Å². The quantitative estimate of drug-likeness (QED) is 0.764. The molecular weight excluding hydrogens is 244 g/mol. The third kappa shape index (κ3) is 5.27. The second-order valence-corrected chi connectivity index (χ2v) is 6.22. The van der Waals surface area contributed by atoms with Crippen LogP contribution in [0.3, 0.4) is 0 Å². The van der Waals surface area contributed by atoms with E-state index in [9.17, 15) is 8.78 Å². The van der Waals surface area contributed by atoms with Gasteiger partial charge in [-0.15, -0.1) is 0 Å². The normalized spacial score (nSPS) is 13.6. The Morgan fingerprint density at radius 2 is 1.84 bits per heavy atom. The predicted molar refractivity (Wildman–Crippen MR) is 76.2 cm³/mol. The van der Waals surface area contributed by atoms with Crippen molar-refractivity contribution in [3.05, 3.63) is 35.4 Å². The summed E-state index contributed by atoms with van der Waals surface area (Å²) >= 11 is 0. The molecule has 0 fully saturated rings. The van der Waals surface area contributed by atoms with E-state index in [2.05, 4.69) is 33.0 Å². The Morgan fingerprint density at radius 3 is 2.37 bits per heavy atom. The summed E-state index contributed by atoms with van der Waals surface area (Å²) in [5.41, 5.74) is 0.989. The fourth-order valence-corrected chi connectivity index (χ4v) is 2.09. The molecule has 0 aliphatic carbocycles. The summed E-state index contributed by atoms with van der Waals surface area (Å²) in [4.78, 5) is 0. The average Bonchev–Trinajstić information content (AvgIpc) is 2.31. The van der Waals surface area contributed by atoms with Crippen molar-refractivity contribution in [1.82, 2.24) is 5.32 Å². The molecule has 3 heteroatoms. The third-order valence-electron chi connectivity index (χ3n) is 3.51. The van der Waals surface area contributed by atoms with Crippen LogP contribution in [0.15, 0.2) is 18.2 Å². The van der Waals surface area contributed by atoms with Gasteiger partial charge in [-0.2, -0.15) is 0 Å². The summed E-state index contributed by atoms with van der Waals surface area (Å²) in [6, 6.07) is 4.20. The molecule has 108 valence electrons. The first-order valence-electron chi connectivity index (χ1n) is 6.99. The number of halogens is 2. The molecule has 1 unspecified atom stereocenters. The molecule has 0 amide bonds. The molecule has 0 saturated heterocycles. The summed E-state index contributed by atoms with van der Waals surface area (Å²) in [5.74, 6) is -1.14. The molecule has 0 aliphatic rings. The lowest BCUT2D eigenvalue weighted by Crippen LogP contribution is -2.33. The van der Waals surface area contributed by atoms with E-state index in [1.54, 1.807) is 6.07 Å². The lowest BCUT2D eigenvalue weighted by Gasteiger charge is -2.31. The maximum Gasteiger partial charge on any atom is 0.159 e. The maximum atomic E-state index is 13.2. The van der Waals surface area contributed by atoms with Crippen molar-refractivity contribution in [3.8, 4) is 0 Å². The van der Waals surface area contributed by atoms with Gasteiger partial charge in [0.05, 0.1) is 0 Å². The number of hydrogen-bond donors (Lipinski definition) is 1. The van der Waals surface area contributed by atoms with Crippen molar-refractivity contribution < 1.29 is 8.78 Å². The van der Waals surface area contributed by atoms with Gasteiger partial charge in [-0.3, -0.25) is 0 Å². The van der Waals surface area contributed by atoms with Gasteiger partial charge in [-0.1, -0.05) is 33.8 Å². The lowest BCUT2D eigenvalue weighted by atomic mass is 9.77. The molecule has 0 aromatic heterocycles. The van der Waals surface area contributed by atoms with Gasteiger partial charge in [0.1, 0.15) is 0 Å². The molecule has 1 nitrogen and oxygen atoms in total. The number of hydrogen-bond acceptors (Lipinski definition) is 1. The largest absolute Gasteiger partial charge is 0.316 e. The van der Waals surface area contributed by atoms with Gasteiger partial charge in [-0.05, 0) is 55.0 Å². The van der Waals surface area contributed by atoms with Crippen LogP contribution in [0.1, 0.15) is 39.7 Å². The first-order valence-corrected chi connectivity index (χ1v) is 6.99. The summed E-state index contributed by atoms with van der Waals surface area (Å²) in [5, 5.41) is 3.42. The first kappa shape index (κ1) is 16.1. The lowest BCUT2D eigenvalue weighted by molar-refractivity contribution is 0.231. The van der Waals surface area contributed by atoms with Crippen molar-refractivity contribution in [2.24, 2.45) is 11.3 Å². The second kappa shape index (κ2) is 6.99. The minimum atomic E-state index is -0.778. The Labute approximate surface area is 115 Å². The van der Waals surface area contributed by atoms with Crippen LogP contribution in [0, 0.1) is 23.0 Å². The smallest absolute Gasteiger partial charge is 0.159 e. The second-order valence-electron chi connectivity index (χ2n) is 6.22. The Balaban J connectivity index is 2.73. The van der Waals surface area contributed by atoms with Gasteiger partial charge < -0.3 is 5.32 Å². The van der Waals surface area contributed by atoms with E-state index in [1.807, 2.05) is 0 Å². The molecule has 1 aromatic rings. The van der Waals surface area contributed by atoms with E-state index in [-0.39, 0.29) is 5.41 Å². The summed E-state index contributed by atoms with van der Waals surface area (Å²) in [7, 11) is 0. The predicted octanol–water partition coefficient (Wildman–Crippen LogP) is 4.17. The monoisotopic (exact) mass is 269 g/mol. The zero-order valence-corrected chi connectivity index (χ0v) is 12.4. The van der Waals surface area contributed by atoms with Crippen LogP contribution in [0.2, 0.25) is 0 Å². The standard InChI is InChI=1S/C16H25F2N/c1-5-8-19-11-13(16(2,3)4)9-12-6-7-14(17)15(18)10-12/h6-7,10,13,19H,5,8-9,11H2,1-4H3. The van der Waals surface area contributed by atoms with E-state index in [0.29, 0.717) is 5.92 Å². The van der Waals surface area contributed by atoms with E-state index >= 15 is 0 Å². The Kier molecular flexibility index (Phi) is 5.92. The highest BCUT2D eigenvalue weighted by Crippen LogP contribution is 2.29. The minimum Gasteiger partial charge on any atom is -0.316 e. The fraction of sp³-hybridized carbons (Fsp3) is 0.625. The Hall–Kier alpha value is -0.960. The van der Waals surface area contributed by atoms with E-state index in [0.717, 1.165) is 31.5 Å². The first-order chi connectivity index (χ1) is 8.84. The highest BCUT2D eigenvalue weighted by atomic mass is 19.2. The molecule has 0 radical (unpaired) electrons. The van der Waals surface area contributed by atoms with Crippen LogP contribution in [0.5, 0.6) is 0 Å². The highest BCUT2D eigenvalue weighted by Gasteiger charge is 2.24. The molecule has 0 aliphatic heterocycles. The molecule has 1 rings (SSSR count). The van der Waals surface area contributed by atoms with Crippen molar-refractivity contribution >= 4 is 0 Å². The summed E-state index contributed by atoms with van der Waals surface area (Å²) in [6.45, 7) is 10.6. The van der Waals surface area contributed by atoms with Crippen LogP contribution >= 0.6 is 0 Å². The highest BCUT2D eigenvalue weighted by molar-refractivity contribution is 5.18. The average molecular weight is 269 g/mol. The Morgan fingerprint density at radius 1 is 1.16 bits per heavy atom. The fourth-order valence-electron chi connectivity index (χ4n) is 2.09. The molecule has 0 heterocycles. The molecule has 0 bridgehead atoms. The zero-order chi connectivity index (χ0) is 14.5. The van der Waals surface area contributed by atoms with E-state index in [1.165, 1.54) is 12.1 Å². The van der Waals surface area contributed by atoms with E-state index in [4.69, 9.17) is 0 Å². The topological polar surface area (TPSA) is 12.0 Å². The molecular formula is C16H25F2N. The van der Waals surface area contributed by atoms with Gasteiger partial charge in [0, 0.05) is 0 Å². The van der Waals surface area contributed by atoms with Crippen molar-refractivity contribution in [1.29, 1.82) is 0 Å². The number of rotatable bonds is 6. The number of nitrogens with one attached hydrogen (secondary N) is 1. The van der Waals surface area contributed by atoms with Crippen LogP contribution in [0.25, 0.3) is 0 Å². The molecule has 1 atom stereocenters. The van der Waals surface area contributed by atoms with E-state index < -0.39 is 11.6 Å². The number of benzene rings is 1. The maximum absolute atomic E-state index is 13.2. The third-order valence-corrected chi connectivity index (χ3v) is 3.51. The molecule has 0 saturated carbocycles. The van der Waals surface area contributed by atoms with Gasteiger partial charge >= 0.3 is 0 Å². The SMILES string of the molecule is CCCNCC(Cc1ccc(F)c(F)c1)C(C)(C)C. The molecule has 0 spiro atoms. The molecule has 1 N–H and O–H groups in total. The van der Waals surface area contributed by atoms with Gasteiger partial charge in [0.25, 0.3) is 0 Å². The zero-order valence-electron chi connectivity index (χ0n) is 12.4. The van der Waals surface area contributed by atoms with Crippen molar-refractivity contribution in [2.45, 2.75) is 40.5 Å². The summed E-state index contributed by atoms with van der Waals surface area (Å²) in [6.07, 6.45) is 1.86. The van der Waals surface area contributed by atoms with Crippen LogP contribution < -0.4 is 5.32 Å².